The molecule has 0 aromatic heterocycles. The summed E-state index contributed by atoms with van der Waals surface area (Å²) >= 11 is 0. The number of morpholine rings is 1. The van der Waals surface area contributed by atoms with Gasteiger partial charge in [-0.05, 0) is 12.0 Å². The van der Waals surface area contributed by atoms with Crippen LogP contribution >= 0.6 is 0 Å². The van der Waals surface area contributed by atoms with Crippen LogP contribution in [-0.4, -0.2) is 82.1 Å². The fourth-order valence-corrected chi connectivity index (χ4v) is 2.76. The maximum Gasteiger partial charge on any atom is 0.0724 e. The van der Waals surface area contributed by atoms with Crippen molar-refractivity contribution >= 4 is 0 Å². The molecule has 6 heteroatoms. The number of ether oxygens (including phenoxy) is 4. The number of hydrogen-bond donors (Lipinski definition) is 1. The van der Waals surface area contributed by atoms with Crippen LogP contribution in [0, 0.1) is 0 Å². The molecule has 0 spiro atoms. The summed E-state index contributed by atoms with van der Waals surface area (Å²) in [6.45, 7) is 7.00. The highest BCUT2D eigenvalue weighted by atomic mass is 16.5. The molecule has 1 atom stereocenters. The largest absolute Gasteiger partial charge is 0.394 e. The molecule has 142 valence electrons. The van der Waals surface area contributed by atoms with Crippen molar-refractivity contribution in [3.63, 3.8) is 0 Å². The van der Waals surface area contributed by atoms with Crippen molar-refractivity contribution < 1.29 is 24.1 Å². The molecule has 0 saturated carbocycles. The summed E-state index contributed by atoms with van der Waals surface area (Å²) in [4.78, 5) is 2.44. The average Bonchev–Trinajstić information content (AvgIpc) is 2.64. The van der Waals surface area contributed by atoms with Gasteiger partial charge in [0.1, 0.15) is 0 Å². The molecule has 1 unspecified atom stereocenters. The molecule has 1 N–H and O–H groups in total. The number of rotatable bonds is 13. The van der Waals surface area contributed by atoms with E-state index in [4.69, 9.17) is 24.1 Å². The maximum atomic E-state index is 8.56. The van der Waals surface area contributed by atoms with E-state index in [2.05, 4.69) is 35.2 Å². The third-order valence-electron chi connectivity index (χ3n) is 4.04. The van der Waals surface area contributed by atoms with Crippen LogP contribution in [0.1, 0.15) is 12.0 Å². The molecule has 6 nitrogen and oxygen atoms in total. The zero-order chi connectivity index (χ0) is 17.6. The Morgan fingerprint density at radius 2 is 1.64 bits per heavy atom. The average molecular weight is 353 g/mol. The smallest absolute Gasteiger partial charge is 0.0724 e. The molecular weight excluding hydrogens is 322 g/mol. The Morgan fingerprint density at radius 1 is 0.960 bits per heavy atom. The van der Waals surface area contributed by atoms with Gasteiger partial charge in [-0.1, -0.05) is 30.3 Å². The molecule has 0 bridgehead atoms. The molecule has 25 heavy (non-hydrogen) atoms. The second-order valence-electron chi connectivity index (χ2n) is 6.06. The molecule has 1 aliphatic heterocycles. The minimum Gasteiger partial charge on any atom is -0.394 e. The van der Waals surface area contributed by atoms with Crippen LogP contribution in [0.15, 0.2) is 30.3 Å². The van der Waals surface area contributed by atoms with Crippen LogP contribution in [0.25, 0.3) is 0 Å². The van der Waals surface area contributed by atoms with E-state index in [0.29, 0.717) is 39.6 Å². The van der Waals surface area contributed by atoms with E-state index in [0.717, 1.165) is 32.7 Å². The second kappa shape index (κ2) is 13.2. The van der Waals surface area contributed by atoms with Gasteiger partial charge in [0, 0.05) is 26.2 Å². The summed E-state index contributed by atoms with van der Waals surface area (Å²) in [6, 6.07) is 10.6. The lowest BCUT2D eigenvalue weighted by Crippen LogP contribution is -2.42. The van der Waals surface area contributed by atoms with Gasteiger partial charge in [-0.15, -0.1) is 0 Å². The van der Waals surface area contributed by atoms with Crippen LogP contribution in [0.2, 0.25) is 0 Å². The van der Waals surface area contributed by atoms with Gasteiger partial charge in [-0.2, -0.15) is 0 Å². The van der Waals surface area contributed by atoms with Gasteiger partial charge in [0.2, 0.25) is 0 Å². The van der Waals surface area contributed by atoms with Crippen molar-refractivity contribution in [3.8, 4) is 0 Å². The van der Waals surface area contributed by atoms with Crippen LogP contribution < -0.4 is 0 Å². The first-order valence-corrected chi connectivity index (χ1v) is 9.10. The molecule has 1 fully saturated rings. The molecule has 2 rings (SSSR count). The SMILES string of the molecule is OCCOCCOCCOCCC1CN(Cc2ccccc2)CCO1. The highest BCUT2D eigenvalue weighted by Gasteiger charge is 2.20. The van der Waals surface area contributed by atoms with E-state index in [1.807, 2.05) is 0 Å². The lowest BCUT2D eigenvalue weighted by molar-refractivity contribution is -0.0502. The van der Waals surface area contributed by atoms with Crippen molar-refractivity contribution in [2.24, 2.45) is 0 Å². The van der Waals surface area contributed by atoms with Crippen LogP contribution in [-0.2, 0) is 25.5 Å². The Labute approximate surface area is 150 Å². The van der Waals surface area contributed by atoms with Crippen molar-refractivity contribution in [3.05, 3.63) is 35.9 Å². The van der Waals surface area contributed by atoms with Crippen molar-refractivity contribution in [1.82, 2.24) is 4.90 Å². The molecule has 0 amide bonds. The Balaban J connectivity index is 1.47. The highest BCUT2D eigenvalue weighted by molar-refractivity contribution is 5.14. The zero-order valence-electron chi connectivity index (χ0n) is 15.0. The topological polar surface area (TPSA) is 60.4 Å². The summed E-state index contributed by atoms with van der Waals surface area (Å²) in [5.41, 5.74) is 1.35. The fourth-order valence-electron chi connectivity index (χ4n) is 2.76. The van der Waals surface area contributed by atoms with Crippen LogP contribution in [0.5, 0.6) is 0 Å². The van der Waals surface area contributed by atoms with E-state index in [9.17, 15) is 0 Å². The van der Waals surface area contributed by atoms with Gasteiger partial charge in [0.05, 0.1) is 52.4 Å². The molecular formula is C19H31NO5. The van der Waals surface area contributed by atoms with E-state index < -0.39 is 0 Å². The van der Waals surface area contributed by atoms with Gasteiger partial charge >= 0.3 is 0 Å². The van der Waals surface area contributed by atoms with Gasteiger partial charge in [0.15, 0.2) is 0 Å². The Bertz CT molecular complexity index is 431. The van der Waals surface area contributed by atoms with E-state index >= 15 is 0 Å². The standard InChI is InChI=1S/C19H31NO5/c21-8-11-23-13-15-24-14-12-22-9-6-19-17-20(7-10-25-19)16-18-4-2-1-3-5-18/h1-5,19,21H,6-17H2. The molecule has 1 saturated heterocycles. The number of nitrogens with zero attached hydrogens (tertiary/aromatic N) is 1. The molecule has 1 aliphatic rings. The summed E-state index contributed by atoms with van der Waals surface area (Å²) in [5, 5.41) is 8.56. The predicted molar refractivity (Wildman–Crippen MR) is 95.6 cm³/mol. The molecule has 0 radical (unpaired) electrons. The number of hydrogen-bond acceptors (Lipinski definition) is 6. The van der Waals surface area contributed by atoms with E-state index in [1.165, 1.54) is 5.56 Å². The Morgan fingerprint density at radius 3 is 2.36 bits per heavy atom. The van der Waals surface area contributed by atoms with Gasteiger partial charge in [0.25, 0.3) is 0 Å². The molecule has 1 heterocycles. The lowest BCUT2D eigenvalue weighted by Gasteiger charge is -2.33. The number of aliphatic hydroxyl groups excluding tert-OH is 1. The van der Waals surface area contributed by atoms with Crippen molar-refractivity contribution in [2.75, 3.05) is 65.9 Å². The lowest BCUT2D eigenvalue weighted by atomic mass is 10.1. The van der Waals surface area contributed by atoms with E-state index in [1.54, 1.807) is 0 Å². The summed E-state index contributed by atoms with van der Waals surface area (Å²) in [6.07, 6.45) is 1.15. The van der Waals surface area contributed by atoms with Crippen molar-refractivity contribution in [1.29, 1.82) is 0 Å². The molecule has 0 aliphatic carbocycles. The molecule has 1 aromatic carbocycles. The normalized spacial score (nSPS) is 18.5. The maximum absolute atomic E-state index is 8.56. The third-order valence-corrected chi connectivity index (χ3v) is 4.04. The van der Waals surface area contributed by atoms with Gasteiger partial charge in [-0.3, -0.25) is 4.90 Å². The quantitative estimate of drug-likeness (QED) is 0.540. The summed E-state index contributed by atoms with van der Waals surface area (Å²) in [5.74, 6) is 0. The van der Waals surface area contributed by atoms with Crippen molar-refractivity contribution in [2.45, 2.75) is 19.1 Å². The first kappa shape index (κ1) is 20.3. The summed E-state index contributed by atoms with van der Waals surface area (Å²) < 4.78 is 21.9. The Kier molecular flexibility index (Phi) is 10.7. The third kappa shape index (κ3) is 9.30. The van der Waals surface area contributed by atoms with E-state index in [-0.39, 0.29) is 12.7 Å². The predicted octanol–water partition coefficient (Wildman–Crippen LogP) is 1.32. The summed E-state index contributed by atoms with van der Waals surface area (Å²) in [7, 11) is 0. The fraction of sp³-hybridized carbons (Fsp3) is 0.684. The molecule has 1 aromatic rings. The monoisotopic (exact) mass is 353 g/mol. The van der Waals surface area contributed by atoms with Gasteiger partial charge in [-0.25, -0.2) is 0 Å². The first-order chi connectivity index (χ1) is 12.4. The first-order valence-electron chi connectivity index (χ1n) is 9.10. The zero-order valence-corrected chi connectivity index (χ0v) is 15.0. The number of aliphatic hydroxyl groups is 1. The van der Waals surface area contributed by atoms with Crippen LogP contribution in [0.3, 0.4) is 0 Å². The highest BCUT2D eigenvalue weighted by Crippen LogP contribution is 2.12. The minimum atomic E-state index is 0.0507. The minimum absolute atomic E-state index is 0.0507. The number of benzene rings is 1. The Hall–Kier alpha value is -1.02. The van der Waals surface area contributed by atoms with Gasteiger partial charge < -0.3 is 24.1 Å². The second-order valence-corrected chi connectivity index (χ2v) is 6.06. The van der Waals surface area contributed by atoms with Crippen LogP contribution in [0.4, 0.5) is 0 Å².